The van der Waals surface area contributed by atoms with Gasteiger partial charge in [-0.25, -0.2) is 17.9 Å². The van der Waals surface area contributed by atoms with Crippen LogP contribution in [-0.2, 0) is 26.0 Å². The Bertz CT molecular complexity index is 497. The molecule has 0 aliphatic heterocycles. The molecule has 1 rings (SSSR count). The SMILES string of the molecule is CC(=O)OCC(F)Cc1cscc1S(N)(=O)=O. The third kappa shape index (κ3) is 4.41. The lowest BCUT2D eigenvalue weighted by Crippen LogP contribution is -2.18. The zero-order chi connectivity index (χ0) is 13.1. The zero-order valence-corrected chi connectivity index (χ0v) is 10.7. The molecule has 0 radical (unpaired) electrons. The molecule has 1 aromatic rings. The second-order valence-corrected chi connectivity index (χ2v) is 5.68. The van der Waals surface area contributed by atoms with Gasteiger partial charge in [-0.15, -0.1) is 0 Å². The summed E-state index contributed by atoms with van der Waals surface area (Å²) in [6.07, 6.45) is -1.60. The van der Waals surface area contributed by atoms with Gasteiger partial charge in [0.25, 0.3) is 0 Å². The number of ether oxygens (including phenoxy) is 1. The smallest absolute Gasteiger partial charge is 0.302 e. The summed E-state index contributed by atoms with van der Waals surface area (Å²) in [6.45, 7) is 0.780. The number of hydrogen-bond acceptors (Lipinski definition) is 5. The van der Waals surface area contributed by atoms with E-state index in [1.54, 1.807) is 0 Å². The second kappa shape index (κ2) is 5.56. The summed E-state index contributed by atoms with van der Waals surface area (Å²) < 4.78 is 40.2. The van der Waals surface area contributed by atoms with Crippen LogP contribution in [0.2, 0.25) is 0 Å². The minimum Gasteiger partial charge on any atom is -0.463 e. The van der Waals surface area contributed by atoms with Crippen molar-refractivity contribution in [2.24, 2.45) is 5.14 Å². The first-order valence-electron chi connectivity index (χ1n) is 4.66. The van der Waals surface area contributed by atoms with Gasteiger partial charge < -0.3 is 4.74 Å². The van der Waals surface area contributed by atoms with E-state index >= 15 is 0 Å². The Kier molecular flexibility index (Phi) is 4.61. The first-order valence-corrected chi connectivity index (χ1v) is 7.15. The quantitative estimate of drug-likeness (QED) is 0.810. The molecule has 1 atom stereocenters. The van der Waals surface area contributed by atoms with E-state index in [2.05, 4.69) is 4.74 Å². The van der Waals surface area contributed by atoms with E-state index in [0.29, 0.717) is 5.56 Å². The third-order valence-electron chi connectivity index (χ3n) is 1.92. The Hall–Kier alpha value is -0.990. The lowest BCUT2D eigenvalue weighted by molar-refractivity contribution is -0.142. The van der Waals surface area contributed by atoms with E-state index in [-0.39, 0.29) is 11.3 Å². The van der Waals surface area contributed by atoms with Crippen molar-refractivity contribution in [3.63, 3.8) is 0 Å². The van der Waals surface area contributed by atoms with Crippen molar-refractivity contribution in [1.29, 1.82) is 0 Å². The number of carbonyl (C=O) groups excluding carboxylic acids is 1. The molecule has 5 nitrogen and oxygen atoms in total. The summed E-state index contributed by atoms with van der Waals surface area (Å²) in [5.41, 5.74) is 0.303. The lowest BCUT2D eigenvalue weighted by atomic mass is 10.2. The first kappa shape index (κ1) is 14.1. The van der Waals surface area contributed by atoms with Crippen LogP contribution in [0.3, 0.4) is 0 Å². The van der Waals surface area contributed by atoms with E-state index in [0.717, 1.165) is 11.3 Å². The Balaban J connectivity index is 2.69. The fourth-order valence-electron chi connectivity index (χ4n) is 1.22. The molecule has 0 aliphatic rings. The predicted molar refractivity (Wildman–Crippen MR) is 60.9 cm³/mol. The van der Waals surface area contributed by atoms with Crippen LogP contribution in [0.4, 0.5) is 4.39 Å². The van der Waals surface area contributed by atoms with E-state index in [1.165, 1.54) is 17.7 Å². The molecule has 0 bridgehead atoms. The van der Waals surface area contributed by atoms with Gasteiger partial charge in [-0.1, -0.05) is 0 Å². The monoisotopic (exact) mass is 281 g/mol. The van der Waals surface area contributed by atoms with Gasteiger partial charge in [-0.05, 0) is 10.9 Å². The van der Waals surface area contributed by atoms with Gasteiger partial charge in [0.2, 0.25) is 10.0 Å². The van der Waals surface area contributed by atoms with Crippen LogP contribution in [0, 0.1) is 0 Å². The molecule has 1 unspecified atom stereocenters. The zero-order valence-electron chi connectivity index (χ0n) is 9.05. The number of primary sulfonamides is 1. The van der Waals surface area contributed by atoms with Crippen molar-refractivity contribution in [2.75, 3.05) is 6.61 Å². The summed E-state index contributed by atoms with van der Waals surface area (Å²) in [4.78, 5) is 10.4. The van der Waals surface area contributed by atoms with E-state index in [4.69, 9.17) is 5.14 Å². The molecule has 1 heterocycles. The first-order chi connectivity index (χ1) is 7.80. The molecule has 17 heavy (non-hydrogen) atoms. The molecular formula is C9H12FNO4S2. The number of esters is 1. The van der Waals surface area contributed by atoms with Crippen molar-refractivity contribution in [1.82, 2.24) is 0 Å². The number of nitrogens with two attached hydrogens (primary N) is 1. The van der Waals surface area contributed by atoms with Gasteiger partial charge in [-0.3, -0.25) is 4.79 Å². The van der Waals surface area contributed by atoms with Gasteiger partial charge in [-0.2, -0.15) is 11.3 Å². The van der Waals surface area contributed by atoms with Crippen LogP contribution < -0.4 is 5.14 Å². The Morgan fingerprint density at radius 1 is 1.59 bits per heavy atom. The predicted octanol–water partition coefficient (Wildman–Crippen LogP) is 0.839. The third-order valence-corrected chi connectivity index (χ3v) is 3.85. The summed E-state index contributed by atoms with van der Waals surface area (Å²) in [5, 5.41) is 7.84. The molecule has 0 saturated carbocycles. The molecule has 0 fully saturated rings. The molecule has 0 saturated heterocycles. The topological polar surface area (TPSA) is 86.5 Å². The van der Waals surface area contributed by atoms with E-state index in [1.807, 2.05) is 0 Å². The molecule has 0 aromatic carbocycles. The van der Waals surface area contributed by atoms with Crippen molar-refractivity contribution in [3.05, 3.63) is 16.3 Å². The standard InChI is InChI=1S/C9H12FNO4S2/c1-6(12)15-3-8(10)2-7-4-16-5-9(7)17(11,13)14/h4-5,8H,2-3H2,1H3,(H2,11,13,14). The van der Waals surface area contributed by atoms with Crippen LogP contribution >= 0.6 is 11.3 Å². The highest BCUT2D eigenvalue weighted by Gasteiger charge is 2.19. The van der Waals surface area contributed by atoms with Crippen molar-refractivity contribution < 1.29 is 22.3 Å². The van der Waals surface area contributed by atoms with Gasteiger partial charge in [0.15, 0.2) is 0 Å². The average Bonchev–Trinajstić information content (AvgIpc) is 2.62. The maximum absolute atomic E-state index is 13.4. The maximum atomic E-state index is 13.4. The minimum absolute atomic E-state index is 0.0759. The molecule has 0 aliphatic carbocycles. The second-order valence-electron chi connectivity index (χ2n) is 3.41. The molecule has 96 valence electrons. The molecule has 0 amide bonds. The Morgan fingerprint density at radius 2 is 2.24 bits per heavy atom. The number of sulfonamides is 1. The number of carbonyl (C=O) groups is 1. The van der Waals surface area contributed by atoms with Crippen molar-refractivity contribution in [2.45, 2.75) is 24.4 Å². The van der Waals surface area contributed by atoms with Crippen LogP contribution in [0.25, 0.3) is 0 Å². The van der Waals surface area contributed by atoms with Gasteiger partial charge in [0.05, 0.1) is 4.90 Å². The Morgan fingerprint density at radius 3 is 2.76 bits per heavy atom. The van der Waals surface area contributed by atoms with Crippen molar-refractivity contribution in [3.8, 4) is 0 Å². The number of thiophene rings is 1. The van der Waals surface area contributed by atoms with Gasteiger partial charge >= 0.3 is 5.97 Å². The summed E-state index contributed by atoms with van der Waals surface area (Å²) in [7, 11) is -3.83. The summed E-state index contributed by atoms with van der Waals surface area (Å²) in [6, 6.07) is 0. The summed E-state index contributed by atoms with van der Waals surface area (Å²) in [5.74, 6) is -0.579. The van der Waals surface area contributed by atoms with Crippen LogP contribution in [0.15, 0.2) is 15.7 Å². The highest BCUT2D eigenvalue weighted by molar-refractivity contribution is 7.89. The average molecular weight is 281 g/mol. The number of rotatable bonds is 5. The highest BCUT2D eigenvalue weighted by atomic mass is 32.2. The minimum atomic E-state index is -3.83. The number of alkyl halides is 1. The van der Waals surface area contributed by atoms with Crippen LogP contribution in [-0.4, -0.2) is 27.2 Å². The number of halogens is 1. The van der Waals surface area contributed by atoms with E-state index < -0.39 is 28.8 Å². The molecular weight excluding hydrogens is 269 g/mol. The fourth-order valence-corrected chi connectivity index (χ4v) is 3.23. The molecule has 8 heteroatoms. The molecule has 1 aromatic heterocycles. The van der Waals surface area contributed by atoms with Crippen molar-refractivity contribution >= 4 is 27.3 Å². The molecule has 0 spiro atoms. The van der Waals surface area contributed by atoms with E-state index in [9.17, 15) is 17.6 Å². The van der Waals surface area contributed by atoms with Gasteiger partial charge in [0, 0.05) is 18.7 Å². The lowest BCUT2D eigenvalue weighted by Gasteiger charge is -2.08. The normalized spacial score (nSPS) is 13.4. The fraction of sp³-hybridized carbons (Fsp3) is 0.444. The van der Waals surface area contributed by atoms with Crippen LogP contribution in [0.5, 0.6) is 0 Å². The Labute approximate surface area is 102 Å². The summed E-state index contributed by atoms with van der Waals surface area (Å²) >= 11 is 1.13. The van der Waals surface area contributed by atoms with Gasteiger partial charge in [0.1, 0.15) is 12.8 Å². The highest BCUT2D eigenvalue weighted by Crippen LogP contribution is 2.21. The molecule has 2 N–H and O–H groups in total. The maximum Gasteiger partial charge on any atom is 0.302 e. The van der Waals surface area contributed by atoms with Crippen LogP contribution in [0.1, 0.15) is 12.5 Å². The number of hydrogen-bond donors (Lipinski definition) is 1. The largest absolute Gasteiger partial charge is 0.463 e.